The summed E-state index contributed by atoms with van der Waals surface area (Å²) in [5.74, 6) is -0.908. The number of carbonyl (C=O) groups excluding carboxylic acids is 1. The van der Waals surface area contributed by atoms with Gasteiger partial charge < -0.3 is 5.32 Å². The van der Waals surface area contributed by atoms with Crippen molar-refractivity contribution in [3.05, 3.63) is 47.3 Å². The Morgan fingerprint density at radius 1 is 1.30 bits per heavy atom. The highest BCUT2D eigenvalue weighted by Gasteiger charge is 2.40. The van der Waals surface area contributed by atoms with Crippen LogP contribution in [0.5, 0.6) is 0 Å². The fourth-order valence-corrected chi connectivity index (χ4v) is 1.69. The Morgan fingerprint density at radius 3 is 2.55 bits per heavy atom. The molecule has 1 amide bonds. The van der Waals surface area contributed by atoms with Crippen LogP contribution in [0.15, 0.2) is 30.3 Å². The van der Waals surface area contributed by atoms with Gasteiger partial charge in [-0.25, -0.2) is 4.68 Å². The molecular formula is C12H11F3N4O. The van der Waals surface area contributed by atoms with Crippen molar-refractivity contribution < 1.29 is 18.0 Å². The second-order valence-electron chi connectivity index (χ2n) is 4.08. The van der Waals surface area contributed by atoms with Crippen LogP contribution in [0.3, 0.4) is 0 Å². The zero-order valence-corrected chi connectivity index (χ0v) is 10.5. The number of amides is 1. The van der Waals surface area contributed by atoms with Crippen LogP contribution in [0.4, 0.5) is 13.2 Å². The van der Waals surface area contributed by atoms with Gasteiger partial charge in [0, 0.05) is 13.6 Å². The summed E-state index contributed by atoms with van der Waals surface area (Å²) in [6.07, 6.45) is -4.68. The van der Waals surface area contributed by atoms with Crippen LogP contribution in [-0.2, 0) is 19.8 Å². The zero-order valence-electron chi connectivity index (χ0n) is 10.5. The SMILES string of the molecule is Cn1nnc(C(=O)NCc2ccccc2)c1C(F)(F)F. The molecule has 0 atom stereocenters. The average molecular weight is 284 g/mol. The molecule has 1 heterocycles. The third-order valence-corrected chi connectivity index (χ3v) is 2.61. The molecule has 1 aromatic heterocycles. The molecule has 0 unspecified atom stereocenters. The molecule has 0 bridgehead atoms. The van der Waals surface area contributed by atoms with E-state index in [-0.39, 0.29) is 6.54 Å². The lowest BCUT2D eigenvalue weighted by atomic mass is 10.2. The number of aryl methyl sites for hydroxylation is 1. The third kappa shape index (κ3) is 2.95. The summed E-state index contributed by atoms with van der Waals surface area (Å²) in [6.45, 7) is 0.119. The number of benzene rings is 1. The third-order valence-electron chi connectivity index (χ3n) is 2.61. The number of rotatable bonds is 3. The summed E-state index contributed by atoms with van der Waals surface area (Å²) in [5.41, 5.74) is -1.11. The Kier molecular flexibility index (Phi) is 3.73. The minimum absolute atomic E-state index is 0.119. The maximum absolute atomic E-state index is 12.8. The number of hydrogen-bond acceptors (Lipinski definition) is 3. The zero-order chi connectivity index (χ0) is 14.8. The van der Waals surface area contributed by atoms with E-state index < -0.39 is 23.5 Å². The highest BCUT2D eigenvalue weighted by Crippen LogP contribution is 2.30. The number of aromatic nitrogens is 3. The van der Waals surface area contributed by atoms with Crippen LogP contribution >= 0.6 is 0 Å². The van der Waals surface area contributed by atoms with Crippen LogP contribution in [0, 0.1) is 0 Å². The molecule has 2 aromatic rings. The fourth-order valence-electron chi connectivity index (χ4n) is 1.69. The first-order valence-corrected chi connectivity index (χ1v) is 5.68. The number of nitrogens with one attached hydrogen (secondary N) is 1. The molecular weight excluding hydrogens is 273 g/mol. The maximum atomic E-state index is 12.8. The number of alkyl halides is 3. The molecule has 0 radical (unpaired) electrons. The van der Waals surface area contributed by atoms with Gasteiger partial charge in [-0.3, -0.25) is 4.79 Å². The summed E-state index contributed by atoms with van der Waals surface area (Å²) in [4.78, 5) is 11.8. The second-order valence-corrected chi connectivity index (χ2v) is 4.08. The van der Waals surface area contributed by atoms with E-state index in [9.17, 15) is 18.0 Å². The Bertz CT molecular complexity index is 607. The number of halogens is 3. The maximum Gasteiger partial charge on any atom is 0.435 e. The topological polar surface area (TPSA) is 59.8 Å². The minimum Gasteiger partial charge on any atom is -0.346 e. The van der Waals surface area contributed by atoms with Crippen LogP contribution in [0.25, 0.3) is 0 Å². The van der Waals surface area contributed by atoms with Crippen LogP contribution in [0.2, 0.25) is 0 Å². The van der Waals surface area contributed by atoms with Gasteiger partial charge in [0.1, 0.15) is 0 Å². The summed E-state index contributed by atoms with van der Waals surface area (Å²) >= 11 is 0. The van der Waals surface area contributed by atoms with Gasteiger partial charge in [-0.1, -0.05) is 35.5 Å². The van der Waals surface area contributed by atoms with Crippen molar-refractivity contribution in [2.24, 2.45) is 7.05 Å². The largest absolute Gasteiger partial charge is 0.435 e. The quantitative estimate of drug-likeness (QED) is 0.934. The minimum atomic E-state index is -4.68. The molecule has 0 fully saturated rings. The Hall–Kier alpha value is -2.38. The van der Waals surface area contributed by atoms with Gasteiger partial charge in [-0.15, -0.1) is 5.10 Å². The molecule has 20 heavy (non-hydrogen) atoms. The summed E-state index contributed by atoms with van der Waals surface area (Å²) < 4.78 is 38.9. The van der Waals surface area contributed by atoms with Crippen LogP contribution in [0.1, 0.15) is 21.7 Å². The smallest absolute Gasteiger partial charge is 0.346 e. The van der Waals surface area contributed by atoms with E-state index in [2.05, 4.69) is 15.6 Å². The van der Waals surface area contributed by atoms with Crippen LogP contribution < -0.4 is 5.32 Å². The molecule has 0 aliphatic carbocycles. The Morgan fingerprint density at radius 2 is 1.95 bits per heavy atom. The van der Waals surface area contributed by atoms with Crippen molar-refractivity contribution in [3.63, 3.8) is 0 Å². The summed E-state index contributed by atoms with van der Waals surface area (Å²) in [6, 6.07) is 8.84. The van der Waals surface area contributed by atoms with Crippen molar-refractivity contribution in [1.82, 2.24) is 20.3 Å². The second kappa shape index (κ2) is 5.32. The van der Waals surface area contributed by atoms with E-state index in [4.69, 9.17) is 0 Å². The van der Waals surface area contributed by atoms with Gasteiger partial charge >= 0.3 is 6.18 Å². The van der Waals surface area contributed by atoms with Crippen molar-refractivity contribution in [1.29, 1.82) is 0 Å². The van der Waals surface area contributed by atoms with Gasteiger partial charge in [0.25, 0.3) is 5.91 Å². The van der Waals surface area contributed by atoms with Crippen molar-refractivity contribution in [3.8, 4) is 0 Å². The standard InChI is InChI=1S/C12H11F3N4O/c1-19-10(12(13,14)15)9(17-18-19)11(20)16-7-8-5-3-2-4-6-8/h2-6H,7H2,1H3,(H,16,20). The molecule has 5 nitrogen and oxygen atoms in total. The van der Waals surface area contributed by atoms with E-state index in [1.807, 2.05) is 0 Å². The van der Waals surface area contributed by atoms with Gasteiger partial charge in [0.2, 0.25) is 0 Å². The van der Waals surface area contributed by atoms with Gasteiger partial charge in [-0.05, 0) is 5.56 Å². The first kappa shape index (κ1) is 14.0. The van der Waals surface area contributed by atoms with Crippen LogP contribution in [-0.4, -0.2) is 20.9 Å². The van der Waals surface area contributed by atoms with E-state index >= 15 is 0 Å². The molecule has 1 N–H and O–H groups in total. The van der Waals surface area contributed by atoms with E-state index in [0.717, 1.165) is 12.6 Å². The van der Waals surface area contributed by atoms with Gasteiger partial charge in [-0.2, -0.15) is 13.2 Å². The fraction of sp³-hybridized carbons (Fsp3) is 0.250. The predicted octanol–water partition coefficient (Wildman–Crippen LogP) is 1.76. The summed E-state index contributed by atoms with van der Waals surface area (Å²) in [7, 11) is 1.09. The molecule has 0 spiro atoms. The summed E-state index contributed by atoms with van der Waals surface area (Å²) in [5, 5.41) is 8.91. The molecule has 106 valence electrons. The lowest BCUT2D eigenvalue weighted by Gasteiger charge is -2.08. The molecule has 0 saturated carbocycles. The molecule has 0 aliphatic rings. The molecule has 2 rings (SSSR count). The Balaban J connectivity index is 2.15. The predicted molar refractivity (Wildman–Crippen MR) is 63.6 cm³/mol. The van der Waals surface area contributed by atoms with E-state index in [0.29, 0.717) is 4.68 Å². The number of carbonyl (C=O) groups is 1. The molecule has 0 saturated heterocycles. The lowest BCUT2D eigenvalue weighted by Crippen LogP contribution is -2.26. The number of nitrogens with zero attached hydrogens (tertiary/aromatic N) is 3. The van der Waals surface area contributed by atoms with E-state index in [1.165, 1.54) is 0 Å². The average Bonchev–Trinajstić information content (AvgIpc) is 2.79. The highest BCUT2D eigenvalue weighted by molar-refractivity contribution is 5.93. The first-order valence-electron chi connectivity index (χ1n) is 5.68. The monoisotopic (exact) mass is 284 g/mol. The van der Waals surface area contributed by atoms with Crippen molar-refractivity contribution in [2.75, 3.05) is 0 Å². The van der Waals surface area contributed by atoms with Crippen molar-refractivity contribution in [2.45, 2.75) is 12.7 Å². The Labute approximate surface area is 112 Å². The van der Waals surface area contributed by atoms with E-state index in [1.54, 1.807) is 30.3 Å². The first-order chi connectivity index (χ1) is 9.39. The molecule has 1 aromatic carbocycles. The highest BCUT2D eigenvalue weighted by atomic mass is 19.4. The van der Waals surface area contributed by atoms with Gasteiger partial charge in [0.15, 0.2) is 11.4 Å². The van der Waals surface area contributed by atoms with Crippen molar-refractivity contribution >= 4 is 5.91 Å². The molecule has 8 heteroatoms. The normalized spacial score (nSPS) is 11.4. The number of hydrogen-bond donors (Lipinski definition) is 1. The molecule has 0 aliphatic heterocycles. The lowest BCUT2D eigenvalue weighted by molar-refractivity contribution is -0.144. The van der Waals surface area contributed by atoms with Gasteiger partial charge in [0.05, 0.1) is 0 Å².